The molecule has 2 heteroatoms. The van der Waals surface area contributed by atoms with E-state index in [1.807, 2.05) is 11.3 Å². The fourth-order valence-electron chi connectivity index (χ4n) is 9.32. The monoisotopic (exact) mass is 779 g/mol. The van der Waals surface area contributed by atoms with Crippen LogP contribution in [0, 0.1) is 0 Å². The molecule has 0 radical (unpaired) electrons. The van der Waals surface area contributed by atoms with Crippen molar-refractivity contribution in [3.05, 3.63) is 224 Å². The predicted octanol–water partition coefficient (Wildman–Crippen LogP) is 17.1. The molecule has 0 aliphatic rings. The second kappa shape index (κ2) is 14.1. The molecule has 0 unspecified atom stereocenters. The topological polar surface area (TPSA) is 3.24 Å². The summed E-state index contributed by atoms with van der Waals surface area (Å²) in [6.07, 6.45) is 0. The third-order valence-corrected chi connectivity index (χ3v) is 13.4. The van der Waals surface area contributed by atoms with Crippen molar-refractivity contribution < 1.29 is 0 Å². The van der Waals surface area contributed by atoms with E-state index in [1.165, 1.54) is 96.6 Å². The normalized spacial score (nSPS) is 11.7. The van der Waals surface area contributed by atoms with Crippen LogP contribution in [-0.4, -0.2) is 0 Å². The van der Waals surface area contributed by atoms with Crippen LogP contribution in [0.3, 0.4) is 0 Å². The molecule has 0 fully saturated rings. The highest BCUT2D eigenvalue weighted by atomic mass is 32.1. The first-order valence-electron chi connectivity index (χ1n) is 20.6. The number of hydrogen-bond donors (Lipinski definition) is 0. The van der Waals surface area contributed by atoms with E-state index in [-0.39, 0.29) is 0 Å². The summed E-state index contributed by atoms with van der Waals surface area (Å²) in [5, 5.41) is 12.8. The lowest BCUT2D eigenvalue weighted by Crippen LogP contribution is -2.09. The van der Waals surface area contributed by atoms with Crippen molar-refractivity contribution in [3.8, 4) is 33.4 Å². The van der Waals surface area contributed by atoms with Crippen molar-refractivity contribution in [3.63, 3.8) is 0 Å². The Labute approximate surface area is 352 Å². The largest absolute Gasteiger partial charge is 0.311 e. The highest BCUT2D eigenvalue weighted by Gasteiger charge is 2.16. The van der Waals surface area contributed by atoms with Gasteiger partial charge in [-0.05, 0) is 131 Å². The molecule has 1 nitrogen and oxygen atoms in total. The molecule has 280 valence electrons. The minimum Gasteiger partial charge on any atom is -0.311 e. The summed E-state index contributed by atoms with van der Waals surface area (Å²) in [6.45, 7) is 0. The molecular formula is C58H37NS. The molecule has 0 N–H and O–H groups in total. The van der Waals surface area contributed by atoms with Gasteiger partial charge in [0.1, 0.15) is 0 Å². The lowest BCUT2D eigenvalue weighted by Gasteiger charge is -2.26. The Morgan fingerprint density at radius 2 is 0.683 bits per heavy atom. The van der Waals surface area contributed by atoms with E-state index < -0.39 is 0 Å². The third-order valence-electron chi connectivity index (χ3n) is 12.3. The van der Waals surface area contributed by atoms with Gasteiger partial charge >= 0.3 is 0 Å². The smallest absolute Gasteiger partial charge is 0.0462 e. The minimum absolute atomic E-state index is 1.10. The van der Waals surface area contributed by atoms with Gasteiger partial charge in [0.25, 0.3) is 0 Å². The third kappa shape index (κ3) is 5.76. The van der Waals surface area contributed by atoms with Crippen molar-refractivity contribution >= 4 is 91.7 Å². The Balaban J connectivity index is 0.946. The van der Waals surface area contributed by atoms with E-state index in [0.717, 1.165) is 17.1 Å². The summed E-state index contributed by atoms with van der Waals surface area (Å²) in [5.41, 5.74) is 10.6. The van der Waals surface area contributed by atoms with Crippen molar-refractivity contribution in [2.45, 2.75) is 0 Å². The van der Waals surface area contributed by atoms with E-state index in [0.29, 0.717) is 0 Å². The van der Waals surface area contributed by atoms with E-state index in [9.17, 15) is 0 Å². The maximum Gasteiger partial charge on any atom is 0.0462 e. The molecule has 0 saturated heterocycles. The molecular weight excluding hydrogens is 743 g/mol. The van der Waals surface area contributed by atoms with Gasteiger partial charge in [-0.3, -0.25) is 0 Å². The summed E-state index contributed by atoms with van der Waals surface area (Å²) >= 11 is 1.86. The summed E-state index contributed by atoms with van der Waals surface area (Å²) in [4.78, 5) is 2.38. The Morgan fingerprint density at radius 1 is 0.250 bits per heavy atom. The fraction of sp³-hybridized carbons (Fsp3) is 0. The molecule has 0 saturated carbocycles. The Kier molecular flexibility index (Phi) is 8.11. The molecule has 12 aromatic rings. The van der Waals surface area contributed by atoms with Crippen LogP contribution in [0.1, 0.15) is 0 Å². The second-order valence-corrected chi connectivity index (χ2v) is 16.7. The molecule has 0 amide bonds. The zero-order valence-electron chi connectivity index (χ0n) is 32.7. The van der Waals surface area contributed by atoms with Crippen molar-refractivity contribution in [2.24, 2.45) is 0 Å². The fourth-order valence-corrected chi connectivity index (χ4v) is 10.4. The van der Waals surface area contributed by atoms with Gasteiger partial charge in [-0.15, -0.1) is 11.3 Å². The van der Waals surface area contributed by atoms with Crippen LogP contribution >= 0.6 is 11.3 Å². The SMILES string of the molecule is c1ccc2c(c1)ccc1c(-c3ccc(N(c4ccc(-c5ccc6sc7ccccc7c6c5)cc4)c4ccc(-c5cccc6c5ccc5ccccc56)cc4)cc3)cccc12. The highest BCUT2D eigenvalue weighted by molar-refractivity contribution is 7.25. The van der Waals surface area contributed by atoms with E-state index in [2.05, 4.69) is 229 Å². The lowest BCUT2D eigenvalue weighted by molar-refractivity contribution is 1.28. The first-order valence-corrected chi connectivity index (χ1v) is 21.4. The van der Waals surface area contributed by atoms with Crippen LogP contribution in [0.25, 0.3) is 96.6 Å². The lowest BCUT2D eigenvalue weighted by atomic mass is 9.94. The predicted molar refractivity (Wildman–Crippen MR) is 260 cm³/mol. The first-order chi connectivity index (χ1) is 29.7. The standard InChI is InChI=1S/C58H37NS/c1-3-11-47-39(9-1)25-34-53-49(14-7-16-51(47)53)41-21-30-45(31-22-41)59(44-28-19-38(20-29-44)43-27-36-58-56(37-43)55-13-5-6-18-57(55)60-58)46-32-23-42(24-33-46)50-15-8-17-52-48-12-4-2-10-40(48)26-35-54(50)52/h1-37H. The number of nitrogens with zero attached hydrogens (tertiary/aromatic N) is 1. The molecule has 0 aliphatic heterocycles. The molecule has 60 heavy (non-hydrogen) atoms. The molecule has 0 aliphatic carbocycles. The zero-order chi connectivity index (χ0) is 39.6. The highest BCUT2D eigenvalue weighted by Crippen LogP contribution is 2.42. The number of anilines is 3. The maximum absolute atomic E-state index is 2.38. The van der Waals surface area contributed by atoms with Crippen molar-refractivity contribution in [1.82, 2.24) is 0 Å². The minimum atomic E-state index is 1.10. The van der Waals surface area contributed by atoms with Gasteiger partial charge in [0.05, 0.1) is 0 Å². The van der Waals surface area contributed by atoms with Gasteiger partial charge in [0.2, 0.25) is 0 Å². The van der Waals surface area contributed by atoms with Crippen LogP contribution < -0.4 is 4.90 Å². The van der Waals surface area contributed by atoms with Crippen molar-refractivity contribution in [1.29, 1.82) is 0 Å². The molecule has 12 rings (SSSR count). The molecule has 11 aromatic carbocycles. The number of thiophene rings is 1. The van der Waals surface area contributed by atoms with Gasteiger partial charge in [-0.2, -0.15) is 0 Å². The average molecular weight is 780 g/mol. The van der Waals surface area contributed by atoms with Crippen LogP contribution in [-0.2, 0) is 0 Å². The van der Waals surface area contributed by atoms with Gasteiger partial charge < -0.3 is 4.90 Å². The molecule has 0 spiro atoms. The number of rotatable bonds is 6. The van der Waals surface area contributed by atoms with Gasteiger partial charge in [0.15, 0.2) is 0 Å². The van der Waals surface area contributed by atoms with Gasteiger partial charge in [0, 0.05) is 37.2 Å². The maximum atomic E-state index is 2.38. The Morgan fingerprint density at radius 3 is 1.23 bits per heavy atom. The van der Waals surface area contributed by atoms with E-state index in [1.54, 1.807) is 0 Å². The number of benzene rings is 11. The summed E-state index contributed by atoms with van der Waals surface area (Å²) in [6, 6.07) is 82.5. The van der Waals surface area contributed by atoms with Gasteiger partial charge in [-0.25, -0.2) is 0 Å². The first kappa shape index (κ1) is 34.5. The van der Waals surface area contributed by atoms with E-state index in [4.69, 9.17) is 0 Å². The second-order valence-electron chi connectivity index (χ2n) is 15.7. The van der Waals surface area contributed by atoms with E-state index >= 15 is 0 Å². The molecule has 1 aromatic heterocycles. The number of hydrogen-bond acceptors (Lipinski definition) is 2. The Hall–Kier alpha value is -7.52. The number of fused-ring (bicyclic) bond motifs is 9. The van der Waals surface area contributed by atoms with Gasteiger partial charge in [-0.1, -0.05) is 170 Å². The average Bonchev–Trinajstić information content (AvgIpc) is 3.70. The van der Waals surface area contributed by atoms with Crippen molar-refractivity contribution in [2.75, 3.05) is 4.90 Å². The Bertz CT molecular complexity index is 3420. The van der Waals surface area contributed by atoms with Crippen LogP contribution in [0.15, 0.2) is 224 Å². The summed E-state index contributed by atoms with van der Waals surface area (Å²) in [5.74, 6) is 0. The molecule has 0 bridgehead atoms. The summed E-state index contributed by atoms with van der Waals surface area (Å²) in [7, 11) is 0. The van der Waals surface area contributed by atoms with Crippen LogP contribution in [0.4, 0.5) is 17.1 Å². The molecule has 1 heterocycles. The molecule has 0 atom stereocenters. The zero-order valence-corrected chi connectivity index (χ0v) is 33.5. The van der Waals surface area contributed by atoms with Crippen LogP contribution in [0.5, 0.6) is 0 Å². The summed E-state index contributed by atoms with van der Waals surface area (Å²) < 4.78 is 2.65. The quantitative estimate of drug-likeness (QED) is 0.152. The van der Waals surface area contributed by atoms with Crippen LogP contribution in [0.2, 0.25) is 0 Å².